The Labute approximate surface area is 175 Å². The highest BCUT2D eigenvalue weighted by Gasteiger charge is 2.27. The van der Waals surface area contributed by atoms with Crippen molar-refractivity contribution in [2.45, 2.75) is 42.1 Å². The number of benzene rings is 1. The van der Waals surface area contributed by atoms with E-state index >= 15 is 0 Å². The summed E-state index contributed by atoms with van der Waals surface area (Å²) in [6.07, 6.45) is 5.42. The molecular formula is C22H27N5OS. The van der Waals surface area contributed by atoms with Gasteiger partial charge in [-0.1, -0.05) is 24.3 Å². The van der Waals surface area contributed by atoms with Crippen molar-refractivity contribution in [1.29, 1.82) is 0 Å². The van der Waals surface area contributed by atoms with E-state index < -0.39 is 0 Å². The molecule has 2 aromatic heterocycles. The van der Waals surface area contributed by atoms with Gasteiger partial charge in [-0.3, -0.25) is 9.80 Å². The van der Waals surface area contributed by atoms with Crippen LogP contribution in [0, 0.1) is 0 Å². The molecule has 1 saturated heterocycles. The van der Waals surface area contributed by atoms with Crippen LogP contribution < -0.4 is 0 Å². The highest BCUT2D eigenvalue weighted by atomic mass is 32.2. The molecular weight excluding hydrogens is 382 g/mol. The average Bonchev–Trinajstić information content (AvgIpc) is 3.37. The Morgan fingerprint density at radius 3 is 2.69 bits per heavy atom. The molecule has 1 aromatic carbocycles. The highest BCUT2D eigenvalue weighted by molar-refractivity contribution is 7.99. The fourth-order valence-electron chi connectivity index (χ4n) is 4.45. The molecule has 5 rings (SSSR count). The fraction of sp³-hybridized carbons (Fsp3) is 0.455. The summed E-state index contributed by atoms with van der Waals surface area (Å²) >= 11 is 1.51. The predicted molar refractivity (Wildman–Crippen MR) is 113 cm³/mol. The molecule has 3 heterocycles. The predicted octanol–water partition coefficient (Wildman–Crippen LogP) is 3.23. The Hall–Kier alpha value is -2.09. The van der Waals surface area contributed by atoms with E-state index in [0.717, 1.165) is 48.7 Å². The molecule has 1 atom stereocenters. The van der Waals surface area contributed by atoms with Crippen LogP contribution in [0.25, 0.3) is 0 Å². The van der Waals surface area contributed by atoms with E-state index in [4.69, 9.17) is 4.42 Å². The molecule has 0 bridgehead atoms. The number of nitrogens with zero attached hydrogens (tertiary/aromatic N) is 5. The third kappa shape index (κ3) is 4.27. The standard InChI is InChI=1S/C22H27N5OS/c1-25-16-23-24-22(25)29-21-9-8-20(28-21)15-26-10-12-27(13-11-26)19-7-6-17-4-2-3-5-18(17)14-19/h2-5,8-9,16,19H,6-7,10-15H2,1H3. The molecule has 0 spiro atoms. The van der Waals surface area contributed by atoms with Gasteiger partial charge in [-0.05, 0) is 54.3 Å². The maximum Gasteiger partial charge on any atom is 0.198 e. The summed E-state index contributed by atoms with van der Waals surface area (Å²) < 4.78 is 7.92. The molecule has 7 heteroatoms. The van der Waals surface area contributed by atoms with Crippen molar-refractivity contribution in [2.75, 3.05) is 26.2 Å². The van der Waals surface area contributed by atoms with E-state index in [1.165, 1.54) is 31.0 Å². The molecule has 1 aliphatic heterocycles. The van der Waals surface area contributed by atoms with Crippen molar-refractivity contribution in [2.24, 2.45) is 7.05 Å². The molecule has 0 N–H and O–H groups in total. The first-order valence-electron chi connectivity index (χ1n) is 10.4. The minimum Gasteiger partial charge on any atom is -0.453 e. The number of hydrogen-bond donors (Lipinski definition) is 0. The van der Waals surface area contributed by atoms with Crippen LogP contribution in [0.15, 0.2) is 57.4 Å². The van der Waals surface area contributed by atoms with Crippen LogP contribution in [0.4, 0.5) is 0 Å². The third-order valence-corrected chi connectivity index (χ3v) is 7.10. The smallest absolute Gasteiger partial charge is 0.198 e. The van der Waals surface area contributed by atoms with E-state index in [1.807, 2.05) is 17.7 Å². The maximum absolute atomic E-state index is 6.02. The van der Waals surface area contributed by atoms with Gasteiger partial charge in [-0.25, -0.2) is 0 Å². The number of fused-ring (bicyclic) bond motifs is 1. The van der Waals surface area contributed by atoms with Crippen LogP contribution in [0.2, 0.25) is 0 Å². The van der Waals surface area contributed by atoms with Crippen molar-refractivity contribution in [1.82, 2.24) is 24.6 Å². The van der Waals surface area contributed by atoms with Gasteiger partial charge in [-0.2, -0.15) is 0 Å². The van der Waals surface area contributed by atoms with Gasteiger partial charge >= 0.3 is 0 Å². The zero-order valence-corrected chi connectivity index (χ0v) is 17.6. The minimum absolute atomic E-state index is 0.699. The summed E-state index contributed by atoms with van der Waals surface area (Å²) in [5.74, 6) is 1.02. The number of piperazine rings is 1. The lowest BCUT2D eigenvalue weighted by Gasteiger charge is -2.41. The normalized spacial score (nSPS) is 20.7. The van der Waals surface area contributed by atoms with Crippen molar-refractivity contribution < 1.29 is 4.42 Å². The summed E-state index contributed by atoms with van der Waals surface area (Å²) in [5, 5.41) is 9.73. The average molecular weight is 410 g/mol. The number of hydrogen-bond acceptors (Lipinski definition) is 6. The molecule has 3 aromatic rings. The zero-order chi connectivity index (χ0) is 19.6. The Kier molecular flexibility index (Phi) is 5.44. The Balaban J connectivity index is 1.13. The van der Waals surface area contributed by atoms with Crippen LogP contribution in [0.3, 0.4) is 0 Å². The molecule has 0 radical (unpaired) electrons. The van der Waals surface area contributed by atoms with E-state index in [0.29, 0.717) is 6.04 Å². The minimum atomic E-state index is 0.699. The summed E-state index contributed by atoms with van der Waals surface area (Å²) in [7, 11) is 1.94. The van der Waals surface area contributed by atoms with Crippen molar-refractivity contribution in [3.8, 4) is 0 Å². The van der Waals surface area contributed by atoms with Gasteiger partial charge in [0.15, 0.2) is 10.2 Å². The quantitative estimate of drug-likeness (QED) is 0.645. The van der Waals surface area contributed by atoms with E-state index in [9.17, 15) is 0 Å². The van der Waals surface area contributed by atoms with Crippen molar-refractivity contribution >= 4 is 11.8 Å². The van der Waals surface area contributed by atoms with Gasteiger partial charge in [0.1, 0.15) is 12.1 Å². The van der Waals surface area contributed by atoms with Crippen LogP contribution in [-0.2, 0) is 26.4 Å². The second-order valence-corrected chi connectivity index (χ2v) is 9.00. The largest absolute Gasteiger partial charge is 0.453 e. The number of rotatable bonds is 5. The first kappa shape index (κ1) is 18.9. The zero-order valence-electron chi connectivity index (χ0n) is 16.8. The SMILES string of the molecule is Cn1cnnc1Sc1ccc(CN2CCN(C3CCc4ccccc4C3)CC2)o1. The van der Waals surface area contributed by atoms with Crippen LogP contribution >= 0.6 is 11.8 Å². The molecule has 1 fully saturated rings. The molecule has 2 aliphatic rings. The van der Waals surface area contributed by atoms with Crippen LogP contribution in [0.5, 0.6) is 0 Å². The van der Waals surface area contributed by atoms with Gasteiger partial charge in [-0.15, -0.1) is 10.2 Å². The Bertz CT molecular complexity index is 960. The fourth-order valence-corrected chi connectivity index (χ4v) is 5.19. The first-order chi connectivity index (χ1) is 14.2. The molecule has 1 unspecified atom stereocenters. The van der Waals surface area contributed by atoms with Gasteiger partial charge in [0.2, 0.25) is 0 Å². The van der Waals surface area contributed by atoms with E-state index in [2.05, 4.69) is 50.3 Å². The Morgan fingerprint density at radius 2 is 1.90 bits per heavy atom. The number of aryl methyl sites for hydroxylation is 2. The topological polar surface area (TPSA) is 50.3 Å². The third-order valence-electron chi connectivity index (χ3n) is 6.12. The second kappa shape index (κ2) is 8.34. The molecule has 0 amide bonds. The molecule has 6 nitrogen and oxygen atoms in total. The first-order valence-corrected chi connectivity index (χ1v) is 11.2. The van der Waals surface area contributed by atoms with Crippen LogP contribution in [0.1, 0.15) is 23.3 Å². The highest BCUT2D eigenvalue weighted by Crippen LogP contribution is 2.28. The number of furan rings is 1. The second-order valence-electron chi connectivity index (χ2n) is 8.02. The lowest BCUT2D eigenvalue weighted by atomic mass is 9.87. The van der Waals surface area contributed by atoms with Crippen molar-refractivity contribution in [3.05, 3.63) is 59.6 Å². The summed E-state index contributed by atoms with van der Waals surface area (Å²) in [6, 6.07) is 13.8. The summed E-state index contributed by atoms with van der Waals surface area (Å²) in [6.45, 7) is 5.37. The molecule has 29 heavy (non-hydrogen) atoms. The number of aromatic nitrogens is 3. The van der Waals surface area contributed by atoms with Crippen LogP contribution in [-0.4, -0.2) is 56.8 Å². The van der Waals surface area contributed by atoms with Gasteiger partial charge in [0, 0.05) is 39.3 Å². The lowest BCUT2D eigenvalue weighted by molar-refractivity contribution is 0.0811. The molecule has 1 aliphatic carbocycles. The van der Waals surface area contributed by atoms with Gasteiger partial charge < -0.3 is 8.98 Å². The van der Waals surface area contributed by atoms with Gasteiger partial charge in [0.25, 0.3) is 0 Å². The summed E-state index contributed by atoms with van der Waals surface area (Å²) in [5.41, 5.74) is 3.10. The molecule has 0 saturated carbocycles. The maximum atomic E-state index is 6.02. The molecule has 152 valence electrons. The lowest BCUT2D eigenvalue weighted by Crippen LogP contribution is -2.51. The monoisotopic (exact) mass is 409 g/mol. The van der Waals surface area contributed by atoms with E-state index in [1.54, 1.807) is 17.5 Å². The Morgan fingerprint density at radius 1 is 1.07 bits per heavy atom. The van der Waals surface area contributed by atoms with Gasteiger partial charge in [0.05, 0.1) is 6.54 Å². The summed E-state index contributed by atoms with van der Waals surface area (Å²) in [4.78, 5) is 5.20. The van der Waals surface area contributed by atoms with E-state index in [-0.39, 0.29) is 0 Å². The van der Waals surface area contributed by atoms with Crippen molar-refractivity contribution in [3.63, 3.8) is 0 Å².